The third-order valence-corrected chi connectivity index (χ3v) is 5.53. The average Bonchev–Trinajstić information content (AvgIpc) is 3.09. The van der Waals surface area contributed by atoms with Crippen LogP contribution in [-0.2, 0) is 6.61 Å². The Labute approximate surface area is 185 Å². The summed E-state index contributed by atoms with van der Waals surface area (Å²) < 4.78 is 5.98. The number of carbonyl (C=O) groups is 1. The highest BCUT2D eigenvalue weighted by molar-refractivity contribution is 6.01. The summed E-state index contributed by atoms with van der Waals surface area (Å²) in [4.78, 5) is 21.0. The summed E-state index contributed by atoms with van der Waals surface area (Å²) in [6, 6.07) is 15.1. The van der Waals surface area contributed by atoms with E-state index in [1.54, 1.807) is 25.5 Å². The van der Waals surface area contributed by atoms with E-state index in [-0.39, 0.29) is 10.5 Å². The van der Waals surface area contributed by atoms with E-state index in [0.29, 0.717) is 23.8 Å². The molecular formula is C25H22N5O2+. The van der Waals surface area contributed by atoms with Crippen LogP contribution in [0.5, 0.6) is 5.75 Å². The van der Waals surface area contributed by atoms with Crippen LogP contribution in [-0.4, -0.2) is 29.6 Å². The zero-order valence-electron chi connectivity index (χ0n) is 17.5. The maximum atomic E-state index is 11.9. The zero-order valence-corrected chi connectivity index (χ0v) is 17.5. The molecule has 3 N–H and O–H groups in total. The lowest BCUT2D eigenvalue weighted by molar-refractivity contribution is -0.750. The van der Waals surface area contributed by atoms with Gasteiger partial charge in [0.2, 0.25) is 5.70 Å². The first-order chi connectivity index (χ1) is 15.6. The van der Waals surface area contributed by atoms with Gasteiger partial charge in [0.25, 0.3) is 11.7 Å². The summed E-state index contributed by atoms with van der Waals surface area (Å²) in [6.07, 6.45) is 11.3. The number of ether oxygens (including phenoxy) is 1. The maximum Gasteiger partial charge on any atom is 0.265 e. The number of nitrogens with one attached hydrogen (secondary N) is 1. The topological polar surface area (TPSA) is 89.1 Å². The van der Waals surface area contributed by atoms with Crippen molar-refractivity contribution in [1.82, 2.24) is 5.32 Å². The van der Waals surface area contributed by atoms with E-state index in [0.717, 1.165) is 28.1 Å². The highest BCUT2D eigenvalue weighted by Crippen LogP contribution is 2.36. The van der Waals surface area contributed by atoms with Crippen molar-refractivity contribution >= 4 is 18.0 Å². The van der Waals surface area contributed by atoms with Crippen LogP contribution in [0.1, 0.15) is 21.5 Å². The Hall–Kier alpha value is -4.07. The summed E-state index contributed by atoms with van der Waals surface area (Å²) in [5, 5.41) is 2.63. The van der Waals surface area contributed by atoms with Gasteiger partial charge >= 0.3 is 0 Å². The van der Waals surface area contributed by atoms with Gasteiger partial charge in [0.1, 0.15) is 24.3 Å². The number of hydrogen-bond acceptors (Lipinski definition) is 5. The van der Waals surface area contributed by atoms with Gasteiger partial charge in [0, 0.05) is 18.2 Å². The van der Waals surface area contributed by atoms with E-state index in [1.807, 2.05) is 66.9 Å². The zero-order chi connectivity index (χ0) is 22.1. The number of quaternary nitrogens is 1. The minimum Gasteiger partial charge on any atom is -0.489 e. The first-order valence-electron chi connectivity index (χ1n) is 10.2. The van der Waals surface area contributed by atoms with Crippen LogP contribution >= 0.6 is 0 Å². The highest BCUT2D eigenvalue weighted by Gasteiger charge is 2.44. The second kappa shape index (κ2) is 7.88. The Morgan fingerprint density at radius 1 is 1.19 bits per heavy atom. The van der Waals surface area contributed by atoms with Crippen molar-refractivity contribution in [1.29, 1.82) is 0 Å². The predicted molar refractivity (Wildman–Crippen MR) is 123 cm³/mol. The first kappa shape index (κ1) is 19.9. The minimum absolute atomic E-state index is 0.0400. The number of allylic oxidation sites excluding steroid dienone is 4. The molecule has 0 radical (unpaired) electrons. The minimum atomic E-state index is -0.126. The lowest BCUT2D eigenvalue weighted by Gasteiger charge is -2.26. The van der Waals surface area contributed by atoms with Crippen LogP contribution in [0.2, 0.25) is 0 Å². The molecule has 0 bridgehead atoms. The Morgan fingerprint density at radius 3 is 2.81 bits per heavy atom. The van der Waals surface area contributed by atoms with Crippen molar-refractivity contribution in [2.24, 2.45) is 15.8 Å². The molecule has 2 aromatic carbocycles. The fourth-order valence-corrected chi connectivity index (χ4v) is 3.78. The number of carbonyl (C=O) groups excluding carboxylic acids is 1. The van der Waals surface area contributed by atoms with Crippen molar-refractivity contribution < 1.29 is 14.1 Å². The van der Waals surface area contributed by atoms with Gasteiger partial charge in [-0.2, -0.15) is 10.8 Å². The lowest BCUT2D eigenvalue weighted by Crippen LogP contribution is -2.53. The van der Waals surface area contributed by atoms with Crippen LogP contribution in [0.4, 0.5) is 0 Å². The summed E-state index contributed by atoms with van der Waals surface area (Å²) >= 11 is 0. The molecule has 2 aromatic rings. The van der Waals surface area contributed by atoms with Crippen molar-refractivity contribution in [2.45, 2.75) is 6.61 Å². The second-order valence-electron chi connectivity index (χ2n) is 7.60. The molecule has 0 fully saturated rings. The third kappa shape index (κ3) is 3.39. The van der Waals surface area contributed by atoms with E-state index in [2.05, 4.69) is 10.3 Å². The van der Waals surface area contributed by atoms with Gasteiger partial charge in [-0.25, -0.2) is 0 Å². The number of benzene rings is 2. The van der Waals surface area contributed by atoms with Crippen LogP contribution < -0.4 is 15.9 Å². The molecule has 3 aliphatic rings. The van der Waals surface area contributed by atoms with E-state index >= 15 is 0 Å². The summed E-state index contributed by atoms with van der Waals surface area (Å²) in [7, 11) is 1.61. The van der Waals surface area contributed by atoms with Crippen LogP contribution in [0.3, 0.4) is 0 Å². The van der Waals surface area contributed by atoms with Gasteiger partial charge < -0.3 is 10.1 Å². The van der Waals surface area contributed by atoms with E-state index < -0.39 is 0 Å². The summed E-state index contributed by atoms with van der Waals surface area (Å²) in [5.74, 6) is 8.02. The molecule has 5 rings (SSSR count). The van der Waals surface area contributed by atoms with Crippen molar-refractivity contribution in [3.8, 4) is 5.75 Å². The Balaban J connectivity index is 1.40. The van der Waals surface area contributed by atoms with Crippen LogP contribution in [0, 0.1) is 0 Å². The van der Waals surface area contributed by atoms with Gasteiger partial charge in [-0.15, -0.1) is 4.59 Å². The number of fused-ring (bicyclic) bond motifs is 1. The summed E-state index contributed by atoms with van der Waals surface area (Å²) in [5.41, 5.74) is 5.06. The van der Waals surface area contributed by atoms with Gasteiger partial charge in [-0.1, -0.05) is 36.4 Å². The molecule has 1 atom stereocenters. The van der Waals surface area contributed by atoms with E-state index in [9.17, 15) is 4.79 Å². The molecule has 1 unspecified atom stereocenters. The number of aliphatic imine (C=N–C) groups is 2. The molecule has 0 saturated carbocycles. The van der Waals surface area contributed by atoms with Crippen molar-refractivity contribution in [3.05, 3.63) is 113 Å². The number of nitrogens with two attached hydrogens (primary N) is 1. The monoisotopic (exact) mass is 424 g/mol. The standard InChI is InChI=1S/C25H21N5O2/c1-27-25(31)20-9-2-5-17(13-20)16-32-21-10-4-8-19(14-21)24-29-23(18-6-3-7-18)22-15-28-11-12-30(22,24)26/h2-15H,16,26H2,1H3/p+1. The first-order valence-corrected chi connectivity index (χ1v) is 10.2. The smallest absolute Gasteiger partial charge is 0.265 e. The van der Waals surface area contributed by atoms with Crippen molar-refractivity contribution in [2.75, 3.05) is 7.05 Å². The molecular weight excluding hydrogens is 402 g/mol. The molecule has 2 aliphatic heterocycles. The molecule has 7 nitrogen and oxygen atoms in total. The van der Waals surface area contributed by atoms with Gasteiger partial charge in [-0.05, 0) is 35.9 Å². The molecule has 158 valence electrons. The quantitative estimate of drug-likeness (QED) is 0.551. The van der Waals surface area contributed by atoms with Gasteiger partial charge in [-0.3, -0.25) is 9.79 Å². The fourth-order valence-electron chi connectivity index (χ4n) is 3.78. The summed E-state index contributed by atoms with van der Waals surface area (Å²) in [6.45, 7) is 0.336. The van der Waals surface area contributed by atoms with E-state index in [4.69, 9.17) is 15.6 Å². The van der Waals surface area contributed by atoms with Gasteiger partial charge in [0.05, 0.1) is 18.0 Å². The number of rotatable bonds is 6. The Morgan fingerprint density at radius 2 is 2.03 bits per heavy atom. The molecule has 0 spiro atoms. The second-order valence-corrected chi connectivity index (χ2v) is 7.60. The van der Waals surface area contributed by atoms with Crippen LogP contribution in [0.25, 0.3) is 0 Å². The molecule has 0 saturated heterocycles. The number of hydrogen-bond donors (Lipinski definition) is 2. The fraction of sp³-hybridized carbons (Fsp3) is 0.0800. The van der Waals surface area contributed by atoms with Gasteiger partial charge in [0.15, 0.2) is 0 Å². The SMILES string of the molecule is CNC(=O)c1cccc(COc2cccc(C3=NC(C4=CC=C4)=C4C=NC=C[N+]34N)c2)c1. The molecule has 2 heterocycles. The largest absolute Gasteiger partial charge is 0.489 e. The Kier molecular flexibility index (Phi) is 4.89. The Bertz CT molecular complexity index is 1300. The number of amidine groups is 1. The lowest BCUT2D eigenvalue weighted by atomic mass is 10.0. The molecule has 0 aromatic heterocycles. The highest BCUT2D eigenvalue weighted by atomic mass is 16.5. The normalized spacial score (nSPS) is 20.4. The molecule has 7 heteroatoms. The molecule has 32 heavy (non-hydrogen) atoms. The maximum absolute atomic E-state index is 11.9. The average molecular weight is 424 g/mol. The third-order valence-electron chi connectivity index (χ3n) is 5.53. The van der Waals surface area contributed by atoms with Crippen molar-refractivity contribution in [3.63, 3.8) is 0 Å². The van der Waals surface area contributed by atoms with E-state index in [1.165, 1.54) is 0 Å². The molecule has 1 aliphatic carbocycles. The number of amides is 1. The van der Waals surface area contributed by atoms with Crippen LogP contribution in [0.15, 0.2) is 106 Å². The molecule has 1 amide bonds. The predicted octanol–water partition coefficient (Wildman–Crippen LogP) is 3.34. The number of nitrogens with zero attached hydrogens (tertiary/aromatic N) is 3.